The molecule has 0 atom stereocenters. The van der Waals surface area contributed by atoms with Crippen LogP contribution in [0.1, 0.15) is 39.9 Å². The summed E-state index contributed by atoms with van der Waals surface area (Å²) >= 11 is 0. The average molecular weight is 166 g/mol. The Labute approximate surface area is 74.8 Å². The van der Waals surface area contributed by atoms with Crippen LogP contribution in [0, 0.1) is 0 Å². The van der Waals surface area contributed by atoms with Gasteiger partial charge < -0.3 is 0 Å². The molecular formula is C9H16N3+. The van der Waals surface area contributed by atoms with Gasteiger partial charge in [0.1, 0.15) is 18.5 Å². The normalized spacial score (nSPS) is 10.1. The molecule has 12 heavy (non-hydrogen) atoms. The van der Waals surface area contributed by atoms with Crippen molar-refractivity contribution in [1.29, 1.82) is 0 Å². The van der Waals surface area contributed by atoms with E-state index in [1.54, 1.807) is 12.7 Å². The summed E-state index contributed by atoms with van der Waals surface area (Å²) in [6.07, 6.45) is 9.16. The first-order valence-electron chi connectivity index (χ1n) is 4.54. The third kappa shape index (κ3) is 3.42. The smallest absolute Gasteiger partial charge is 0.225 e. The van der Waals surface area contributed by atoms with Crippen LogP contribution in [0.5, 0.6) is 0 Å². The Morgan fingerprint density at radius 1 is 1.17 bits per heavy atom. The molecule has 0 aliphatic rings. The summed E-state index contributed by atoms with van der Waals surface area (Å²) in [5.74, 6) is 0.918. The summed E-state index contributed by atoms with van der Waals surface area (Å²) in [5, 5.41) is 0. The highest BCUT2D eigenvalue weighted by Crippen LogP contribution is 2.02. The van der Waals surface area contributed by atoms with E-state index in [0.29, 0.717) is 0 Å². The summed E-state index contributed by atoms with van der Waals surface area (Å²) in [4.78, 5) is 11.9. The maximum atomic E-state index is 4.05. The van der Waals surface area contributed by atoms with Gasteiger partial charge in [-0.05, 0) is 6.42 Å². The van der Waals surface area contributed by atoms with E-state index in [9.17, 15) is 0 Å². The molecule has 3 heteroatoms. The van der Waals surface area contributed by atoms with E-state index in [1.807, 2.05) is 0 Å². The van der Waals surface area contributed by atoms with Gasteiger partial charge in [-0.3, -0.25) is 0 Å². The second-order valence-electron chi connectivity index (χ2n) is 2.87. The second-order valence-corrected chi connectivity index (χ2v) is 2.87. The van der Waals surface area contributed by atoms with Crippen molar-refractivity contribution in [3.8, 4) is 0 Å². The molecule has 0 saturated carbocycles. The molecule has 1 aromatic rings. The fourth-order valence-corrected chi connectivity index (χ4v) is 1.10. The lowest BCUT2D eigenvalue weighted by atomic mass is 10.1. The Hall–Kier alpha value is -0.990. The third-order valence-corrected chi connectivity index (χ3v) is 1.80. The molecule has 0 aliphatic heterocycles. The van der Waals surface area contributed by atoms with Crippen molar-refractivity contribution in [2.45, 2.75) is 39.0 Å². The number of aromatic nitrogens is 3. The van der Waals surface area contributed by atoms with E-state index >= 15 is 0 Å². The lowest BCUT2D eigenvalue weighted by molar-refractivity contribution is 0.650. The number of nitrogens with zero attached hydrogens (tertiary/aromatic N) is 3. The maximum absolute atomic E-state index is 4.05. The molecule has 66 valence electrons. The number of hydrogen-bond donors (Lipinski definition) is 0. The average Bonchev–Trinajstić information content (AvgIpc) is 2.14. The molecule has 3 nitrogen and oxygen atoms in total. The third-order valence-electron chi connectivity index (χ3n) is 1.80. The molecule has 0 radical (unpaired) electrons. The van der Waals surface area contributed by atoms with Crippen molar-refractivity contribution in [3.05, 3.63) is 18.5 Å². The van der Waals surface area contributed by atoms with Crippen molar-refractivity contribution < 1.29 is 1.43 Å². The summed E-state index contributed by atoms with van der Waals surface area (Å²) in [6.45, 7) is 2.21. The van der Waals surface area contributed by atoms with Gasteiger partial charge >= 0.3 is 1.43 Å². The Kier molecular flexibility index (Phi) is 4.27. The summed E-state index contributed by atoms with van der Waals surface area (Å²) in [6, 6.07) is 0. The quantitative estimate of drug-likeness (QED) is 0.629. The Morgan fingerprint density at radius 2 is 1.92 bits per heavy atom. The van der Waals surface area contributed by atoms with E-state index in [2.05, 4.69) is 21.9 Å². The van der Waals surface area contributed by atoms with E-state index in [4.69, 9.17) is 0 Å². The molecule has 0 fully saturated rings. The van der Waals surface area contributed by atoms with Crippen LogP contribution in [0.4, 0.5) is 0 Å². The Morgan fingerprint density at radius 3 is 2.58 bits per heavy atom. The zero-order valence-electron chi connectivity index (χ0n) is 8.53. The predicted octanol–water partition coefficient (Wildman–Crippen LogP) is 2.11. The molecule has 0 aromatic carbocycles. The first-order chi connectivity index (χ1) is 5.93. The van der Waals surface area contributed by atoms with Gasteiger partial charge in [-0.25, -0.2) is 15.0 Å². The molecule has 0 saturated heterocycles. The maximum Gasteiger partial charge on any atom is 1.00 e. The van der Waals surface area contributed by atoms with Crippen LogP contribution in [-0.2, 0) is 6.42 Å². The SMILES string of the molecule is CCCCCCc1ncncn1.[H+]. The molecule has 0 N–H and O–H groups in total. The molecule has 0 aliphatic carbocycles. The predicted molar refractivity (Wildman–Crippen MR) is 48.8 cm³/mol. The van der Waals surface area contributed by atoms with Gasteiger partial charge in [0.25, 0.3) is 0 Å². The van der Waals surface area contributed by atoms with Crippen LogP contribution >= 0.6 is 0 Å². The lowest BCUT2D eigenvalue weighted by Crippen LogP contribution is -1.94. The fraction of sp³-hybridized carbons (Fsp3) is 0.667. The van der Waals surface area contributed by atoms with Gasteiger partial charge in [0.05, 0.1) is 0 Å². The lowest BCUT2D eigenvalue weighted by Gasteiger charge is -1.97. The minimum Gasteiger partial charge on any atom is -0.225 e. The van der Waals surface area contributed by atoms with E-state index in [-0.39, 0.29) is 1.43 Å². The van der Waals surface area contributed by atoms with Gasteiger partial charge in [0.2, 0.25) is 0 Å². The Balaban J connectivity index is 0.00000144. The van der Waals surface area contributed by atoms with Gasteiger partial charge in [0.15, 0.2) is 0 Å². The molecule has 1 heterocycles. The highest BCUT2D eigenvalue weighted by Gasteiger charge is 1.93. The highest BCUT2D eigenvalue weighted by molar-refractivity contribution is 4.80. The minimum absolute atomic E-state index is 0. The highest BCUT2D eigenvalue weighted by atomic mass is 15.0. The standard InChI is InChI=1S/C9H15N3/c1-2-3-4-5-6-9-11-7-10-8-12-9/h7-8H,2-6H2,1H3/p+1. The summed E-state index contributed by atoms with van der Waals surface area (Å²) in [5.41, 5.74) is 0. The van der Waals surface area contributed by atoms with Gasteiger partial charge in [-0.2, -0.15) is 0 Å². The van der Waals surface area contributed by atoms with Crippen molar-refractivity contribution in [2.75, 3.05) is 0 Å². The number of hydrogen-bond acceptors (Lipinski definition) is 3. The zero-order valence-corrected chi connectivity index (χ0v) is 7.53. The largest absolute Gasteiger partial charge is 1.00 e. The first kappa shape index (κ1) is 9.10. The first-order valence-corrected chi connectivity index (χ1v) is 4.54. The monoisotopic (exact) mass is 166 g/mol. The molecule has 0 amide bonds. The van der Waals surface area contributed by atoms with Crippen molar-refractivity contribution in [3.63, 3.8) is 0 Å². The van der Waals surface area contributed by atoms with Crippen LogP contribution in [0.3, 0.4) is 0 Å². The van der Waals surface area contributed by atoms with Crippen LogP contribution in [-0.4, -0.2) is 15.0 Å². The van der Waals surface area contributed by atoms with E-state index in [0.717, 1.165) is 12.2 Å². The molecular weight excluding hydrogens is 150 g/mol. The second kappa shape index (κ2) is 5.63. The van der Waals surface area contributed by atoms with E-state index < -0.39 is 0 Å². The van der Waals surface area contributed by atoms with Crippen LogP contribution in [0.25, 0.3) is 0 Å². The van der Waals surface area contributed by atoms with E-state index in [1.165, 1.54) is 25.7 Å². The van der Waals surface area contributed by atoms with Crippen molar-refractivity contribution in [1.82, 2.24) is 15.0 Å². The number of rotatable bonds is 5. The molecule has 0 spiro atoms. The van der Waals surface area contributed by atoms with Crippen LogP contribution < -0.4 is 0 Å². The molecule has 0 unspecified atom stereocenters. The molecule has 1 rings (SSSR count). The zero-order chi connectivity index (χ0) is 8.65. The summed E-state index contributed by atoms with van der Waals surface area (Å²) < 4.78 is 0. The topological polar surface area (TPSA) is 38.7 Å². The summed E-state index contributed by atoms with van der Waals surface area (Å²) in [7, 11) is 0. The molecule has 1 aromatic heterocycles. The van der Waals surface area contributed by atoms with Gasteiger partial charge in [0, 0.05) is 6.42 Å². The number of aryl methyl sites for hydroxylation is 1. The van der Waals surface area contributed by atoms with Crippen LogP contribution in [0.15, 0.2) is 12.7 Å². The molecule has 0 bridgehead atoms. The van der Waals surface area contributed by atoms with Gasteiger partial charge in [-0.1, -0.05) is 26.2 Å². The number of unbranched alkanes of at least 4 members (excludes halogenated alkanes) is 3. The van der Waals surface area contributed by atoms with Crippen molar-refractivity contribution in [2.24, 2.45) is 0 Å². The minimum atomic E-state index is 0. The fourth-order valence-electron chi connectivity index (χ4n) is 1.10. The Bertz CT molecular complexity index is 203. The van der Waals surface area contributed by atoms with Crippen LogP contribution in [0.2, 0.25) is 0 Å². The van der Waals surface area contributed by atoms with Crippen molar-refractivity contribution >= 4 is 0 Å². The van der Waals surface area contributed by atoms with Gasteiger partial charge in [-0.15, -0.1) is 0 Å².